The summed E-state index contributed by atoms with van der Waals surface area (Å²) in [5, 5.41) is 6.21. The van der Waals surface area contributed by atoms with Gasteiger partial charge in [0.1, 0.15) is 8.07 Å². The van der Waals surface area contributed by atoms with E-state index in [1.165, 1.54) is 45.4 Å². The van der Waals surface area contributed by atoms with E-state index in [1.54, 1.807) is 20.7 Å². The first-order valence-electron chi connectivity index (χ1n) is 15.6. The maximum atomic E-state index is 2.58. The first-order valence-corrected chi connectivity index (χ1v) is 17.6. The van der Waals surface area contributed by atoms with Crippen LogP contribution in [0.4, 0.5) is 0 Å². The summed E-state index contributed by atoms with van der Waals surface area (Å²) in [6, 6.07) is 30.3. The Labute approximate surface area is 297 Å². The molecule has 4 aromatic rings. The summed E-state index contributed by atoms with van der Waals surface area (Å²) in [4.78, 5) is 0. The maximum Gasteiger partial charge on any atom is 4.00 e. The van der Waals surface area contributed by atoms with E-state index in [2.05, 4.69) is 121 Å². The van der Waals surface area contributed by atoms with Crippen LogP contribution in [0.5, 0.6) is 0 Å². The van der Waals surface area contributed by atoms with Crippen LogP contribution in [0.25, 0.3) is 0 Å². The number of hydrogen-bond donors (Lipinski definition) is 0. The maximum absolute atomic E-state index is 2.59. The number of aryl methyl sites for hydroxylation is 7. The van der Waals surface area contributed by atoms with Gasteiger partial charge in [0.15, 0.2) is 0 Å². The van der Waals surface area contributed by atoms with E-state index in [0.717, 1.165) is 44.9 Å². The SMILES string of the molecule is CCCc1cc[c-]([Si](c2cc(CC)cc(CC)c2)(c2cc(CC)cc(CC)c2)c2cc(CC)cc(CC)c2)c1.[Cl-].[Cl-].[Cl-].[Ti+4]. The van der Waals surface area contributed by atoms with Crippen molar-refractivity contribution < 1.29 is 58.9 Å². The van der Waals surface area contributed by atoms with Crippen molar-refractivity contribution in [3.05, 3.63) is 112 Å². The molecule has 0 bridgehead atoms. The molecule has 0 radical (unpaired) electrons. The van der Waals surface area contributed by atoms with Crippen LogP contribution in [-0.4, -0.2) is 8.07 Å². The van der Waals surface area contributed by atoms with Gasteiger partial charge in [0.05, 0.1) is 0 Å². The molecule has 43 heavy (non-hydrogen) atoms. The first-order chi connectivity index (χ1) is 18.9. The van der Waals surface area contributed by atoms with Gasteiger partial charge in [-0.25, -0.2) is 6.07 Å². The van der Waals surface area contributed by atoms with Crippen LogP contribution in [0.15, 0.2) is 72.8 Å². The molecule has 4 rings (SSSR count). The molecule has 0 spiro atoms. The second-order valence-electron chi connectivity index (χ2n) is 11.2. The third kappa shape index (κ3) is 8.96. The van der Waals surface area contributed by atoms with Gasteiger partial charge in [-0.3, -0.25) is 0 Å². The molecule has 0 saturated carbocycles. The largest absolute Gasteiger partial charge is 4.00 e. The molecule has 0 aliphatic carbocycles. The average Bonchev–Trinajstić information content (AvgIpc) is 3.45. The second kappa shape index (κ2) is 19.4. The quantitative estimate of drug-likeness (QED) is 0.0931. The van der Waals surface area contributed by atoms with Gasteiger partial charge in [-0.1, -0.05) is 131 Å². The van der Waals surface area contributed by atoms with Gasteiger partial charge in [0, 0.05) is 0 Å². The van der Waals surface area contributed by atoms with Crippen LogP contribution in [0.3, 0.4) is 0 Å². The predicted octanol–water partition coefficient (Wildman–Crippen LogP) is -1.88. The van der Waals surface area contributed by atoms with E-state index >= 15 is 0 Å². The number of rotatable bonds is 12. The predicted molar refractivity (Wildman–Crippen MR) is 176 cm³/mol. The van der Waals surface area contributed by atoms with Crippen LogP contribution in [0.2, 0.25) is 0 Å². The third-order valence-corrected chi connectivity index (χ3v) is 13.3. The summed E-state index contributed by atoms with van der Waals surface area (Å²) < 4.78 is 0. The van der Waals surface area contributed by atoms with Gasteiger partial charge >= 0.3 is 21.7 Å². The third-order valence-electron chi connectivity index (χ3n) is 8.70. The molecule has 0 aliphatic heterocycles. The van der Waals surface area contributed by atoms with Crippen molar-refractivity contribution >= 4 is 28.8 Å². The summed E-state index contributed by atoms with van der Waals surface area (Å²) in [6.45, 7) is 16.2. The van der Waals surface area contributed by atoms with Gasteiger partial charge in [-0.15, -0.1) is 5.19 Å². The fraction of sp³-hybridized carbons (Fsp3) is 0.395. The summed E-state index contributed by atoms with van der Waals surface area (Å²) in [5.41, 5.74) is 10.3. The van der Waals surface area contributed by atoms with Crippen molar-refractivity contribution in [3.63, 3.8) is 0 Å². The van der Waals surface area contributed by atoms with Crippen molar-refractivity contribution in [3.8, 4) is 0 Å². The van der Waals surface area contributed by atoms with E-state index in [0.29, 0.717) is 0 Å². The molecule has 230 valence electrons. The van der Waals surface area contributed by atoms with Crippen LogP contribution in [0.1, 0.15) is 93.8 Å². The van der Waals surface area contributed by atoms with Gasteiger partial charge in [0.25, 0.3) is 0 Å². The summed E-state index contributed by atoms with van der Waals surface area (Å²) >= 11 is 0. The smallest absolute Gasteiger partial charge is 1.00 e. The molecule has 0 heterocycles. The second-order valence-corrected chi connectivity index (χ2v) is 15.1. The molecule has 0 nitrogen and oxygen atoms in total. The van der Waals surface area contributed by atoms with Crippen molar-refractivity contribution in [2.24, 2.45) is 0 Å². The normalized spacial score (nSPS) is 10.7. The molecule has 4 aromatic carbocycles. The number of halogens is 3. The van der Waals surface area contributed by atoms with Crippen LogP contribution in [0, 0.1) is 0 Å². The Morgan fingerprint density at radius 2 is 0.767 bits per heavy atom. The monoisotopic (exact) mass is 686 g/mol. The molecule has 5 heteroatoms. The van der Waals surface area contributed by atoms with E-state index < -0.39 is 8.07 Å². The van der Waals surface area contributed by atoms with Crippen molar-refractivity contribution in [1.29, 1.82) is 0 Å². The van der Waals surface area contributed by atoms with Crippen molar-refractivity contribution in [2.45, 2.75) is 99.8 Å². The van der Waals surface area contributed by atoms with Crippen molar-refractivity contribution in [1.82, 2.24) is 0 Å². The van der Waals surface area contributed by atoms with Crippen molar-refractivity contribution in [2.75, 3.05) is 0 Å². The van der Waals surface area contributed by atoms with Gasteiger partial charge in [-0.2, -0.15) is 17.7 Å². The zero-order chi connectivity index (χ0) is 28.0. The summed E-state index contributed by atoms with van der Waals surface area (Å²) in [7, 11) is -2.59. The molecule has 0 saturated heterocycles. The van der Waals surface area contributed by atoms with E-state index in [1.807, 2.05) is 0 Å². The first kappa shape index (κ1) is 41.8. The molecule has 0 unspecified atom stereocenters. The molecule has 0 N–H and O–H groups in total. The van der Waals surface area contributed by atoms with Crippen LogP contribution < -0.4 is 58.0 Å². The van der Waals surface area contributed by atoms with E-state index in [-0.39, 0.29) is 58.9 Å². The molecule has 0 amide bonds. The van der Waals surface area contributed by atoms with Crippen LogP contribution in [-0.2, 0) is 66.7 Å². The minimum Gasteiger partial charge on any atom is -1.00 e. The number of benzene rings is 3. The van der Waals surface area contributed by atoms with Gasteiger partial charge in [0.2, 0.25) is 0 Å². The van der Waals surface area contributed by atoms with E-state index in [4.69, 9.17) is 0 Å². The Morgan fingerprint density at radius 1 is 0.465 bits per heavy atom. The Balaban J connectivity index is 0.00000441. The summed E-state index contributed by atoms with van der Waals surface area (Å²) in [6.07, 6.45) is 8.73. The van der Waals surface area contributed by atoms with E-state index in [9.17, 15) is 0 Å². The molecule has 0 aromatic heterocycles. The Hall–Kier alpha value is -1.19. The van der Waals surface area contributed by atoms with Crippen LogP contribution >= 0.6 is 0 Å². The topological polar surface area (TPSA) is 0 Å². The molecule has 0 atom stereocenters. The number of hydrogen-bond acceptors (Lipinski definition) is 0. The minimum absolute atomic E-state index is 0. The molecular formula is C38H49Cl3SiTi. The Morgan fingerprint density at radius 3 is 1.02 bits per heavy atom. The fourth-order valence-corrected chi connectivity index (χ4v) is 11.5. The molecular weight excluding hydrogens is 639 g/mol. The Bertz CT molecular complexity index is 1210. The standard InChI is InChI=1S/C38H49Si.3ClH.Ti/c1-8-15-34-16-17-35(27-34)39(36-21-28(9-2)18-29(10-3)22-36,37-23-30(11-4)19-31(12-5)24-37)38-25-32(13-6)20-33(14-7)26-38;;;;/h16-27H,8-15H2,1-7H3;3*1H;/q-1;;;;+4/p-3. The molecule has 0 fully saturated rings. The fourth-order valence-electron chi connectivity index (χ4n) is 6.33. The minimum atomic E-state index is -2.59. The van der Waals surface area contributed by atoms with Gasteiger partial charge < -0.3 is 37.2 Å². The average molecular weight is 688 g/mol. The Kier molecular flexibility index (Phi) is 18.8. The summed E-state index contributed by atoms with van der Waals surface area (Å²) in [5.74, 6) is 0. The molecule has 0 aliphatic rings. The van der Waals surface area contributed by atoms with Gasteiger partial charge in [-0.05, 0) is 71.9 Å². The zero-order valence-electron chi connectivity index (χ0n) is 27.2. The zero-order valence-corrected chi connectivity index (χ0v) is 32.0.